The van der Waals surface area contributed by atoms with Crippen LogP contribution in [0.5, 0.6) is 0 Å². The van der Waals surface area contributed by atoms with E-state index < -0.39 is 97.5 Å². The van der Waals surface area contributed by atoms with E-state index in [1.54, 1.807) is 0 Å². The minimum Gasteiger partial charge on any atom is -0.462 e. The third kappa shape index (κ3) is 61.3. The summed E-state index contributed by atoms with van der Waals surface area (Å²) in [6.07, 6.45) is 39.0. The fraction of sp³-hybridized carbons (Fsp3) is 0.941. The van der Waals surface area contributed by atoms with Crippen LogP contribution < -0.4 is 0 Å². The molecule has 0 aliphatic heterocycles. The Morgan fingerprint density at radius 2 is 0.552 bits per heavy atom. The highest BCUT2D eigenvalue weighted by Crippen LogP contribution is 2.45. The minimum atomic E-state index is -4.95. The molecule has 19 heteroatoms. The molecule has 0 bridgehead atoms. The first kappa shape index (κ1) is 85.1. The molecular weight excluding hydrogens is 1150 g/mol. The van der Waals surface area contributed by atoms with E-state index in [1.165, 1.54) is 135 Å². The van der Waals surface area contributed by atoms with Crippen LogP contribution in [0.25, 0.3) is 0 Å². The van der Waals surface area contributed by atoms with Crippen molar-refractivity contribution in [3.05, 3.63) is 0 Å². The minimum absolute atomic E-state index is 0.102. The van der Waals surface area contributed by atoms with Gasteiger partial charge in [-0.3, -0.25) is 37.3 Å². The van der Waals surface area contributed by atoms with Crippen LogP contribution >= 0.6 is 15.6 Å². The molecule has 0 saturated carbocycles. The van der Waals surface area contributed by atoms with Crippen LogP contribution in [0.15, 0.2) is 0 Å². The fourth-order valence-electron chi connectivity index (χ4n) is 10.1. The number of aliphatic hydroxyl groups is 1. The molecule has 0 spiro atoms. The summed E-state index contributed by atoms with van der Waals surface area (Å²) in [5.74, 6) is 0.833. The lowest BCUT2D eigenvalue weighted by Crippen LogP contribution is -2.30. The third-order valence-electron chi connectivity index (χ3n) is 15.9. The highest BCUT2D eigenvalue weighted by molar-refractivity contribution is 7.47. The van der Waals surface area contributed by atoms with E-state index in [0.29, 0.717) is 31.6 Å². The van der Waals surface area contributed by atoms with Crippen LogP contribution in [0, 0.1) is 23.7 Å². The van der Waals surface area contributed by atoms with Crippen molar-refractivity contribution in [2.45, 2.75) is 350 Å². The van der Waals surface area contributed by atoms with Crippen LogP contribution in [0.2, 0.25) is 0 Å². The zero-order valence-electron chi connectivity index (χ0n) is 56.6. The summed E-state index contributed by atoms with van der Waals surface area (Å²) in [6, 6.07) is 0. The van der Waals surface area contributed by atoms with Crippen molar-refractivity contribution >= 4 is 39.5 Å². The molecule has 87 heavy (non-hydrogen) atoms. The standard InChI is InChI=1S/C68H132O17P2/c1-9-61(8)47-39-31-23-14-10-11-15-24-32-40-48-65(70)78-54-63(84-67(72)50-42-34-26-16-12-13-20-28-36-44-58(2)3)56-82-86(74,75)80-52-62(69)53-81-87(76,77)83-57-64(85-68(73)51-43-35-27-19-22-30-38-46-60(6)7)55-79-66(71)49-41-33-25-18-17-21-29-37-45-59(4)5/h58-64,69H,9-57H2,1-8H3,(H,74,75)(H,76,77)/t61?,62?,63-,64-/m1/s1. The summed E-state index contributed by atoms with van der Waals surface area (Å²) in [5, 5.41) is 10.6. The lowest BCUT2D eigenvalue weighted by molar-refractivity contribution is -0.161. The van der Waals surface area contributed by atoms with E-state index in [2.05, 4.69) is 55.4 Å². The van der Waals surface area contributed by atoms with E-state index in [9.17, 15) is 43.2 Å². The van der Waals surface area contributed by atoms with Gasteiger partial charge in [0.25, 0.3) is 0 Å². The molecule has 0 fully saturated rings. The number of phosphoric acid groups is 2. The van der Waals surface area contributed by atoms with Crippen LogP contribution in [0.4, 0.5) is 0 Å². The van der Waals surface area contributed by atoms with Crippen molar-refractivity contribution in [1.82, 2.24) is 0 Å². The highest BCUT2D eigenvalue weighted by atomic mass is 31.2. The first-order valence-electron chi connectivity index (χ1n) is 35.2. The quantitative estimate of drug-likeness (QED) is 0.0222. The molecule has 3 N–H and O–H groups in total. The number of phosphoric ester groups is 2. The Morgan fingerprint density at radius 1 is 0.322 bits per heavy atom. The average Bonchev–Trinajstić information content (AvgIpc) is 3.68. The second-order valence-electron chi connectivity index (χ2n) is 26.2. The van der Waals surface area contributed by atoms with Crippen molar-refractivity contribution < 1.29 is 80.2 Å². The first-order chi connectivity index (χ1) is 41.6. The SMILES string of the molecule is CCC(C)CCCCCCCCCCCCC(=O)OC[C@H](COP(=O)(O)OCC(O)COP(=O)(O)OC[C@@H](COC(=O)CCCCCCCCCCC(C)C)OC(=O)CCCCCCCCCC(C)C)OC(=O)CCCCCCCCCCCC(C)C. The molecule has 0 aliphatic rings. The van der Waals surface area contributed by atoms with Crippen molar-refractivity contribution in [3.63, 3.8) is 0 Å². The molecule has 0 aromatic heterocycles. The van der Waals surface area contributed by atoms with E-state index >= 15 is 0 Å². The van der Waals surface area contributed by atoms with Gasteiger partial charge in [0.1, 0.15) is 19.3 Å². The summed E-state index contributed by atoms with van der Waals surface area (Å²) in [6.45, 7) is 14.0. The van der Waals surface area contributed by atoms with Gasteiger partial charge in [-0.05, 0) is 49.4 Å². The molecule has 0 heterocycles. The van der Waals surface area contributed by atoms with Crippen LogP contribution in [0.3, 0.4) is 0 Å². The maximum absolute atomic E-state index is 13.0. The van der Waals surface area contributed by atoms with E-state index in [4.69, 9.17) is 37.0 Å². The maximum Gasteiger partial charge on any atom is 0.472 e. The van der Waals surface area contributed by atoms with Gasteiger partial charge in [-0.15, -0.1) is 0 Å². The zero-order chi connectivity index (χ0) is 64.7. The van der Waals surface area contributed by atoms with Gasteiger partial charge in [-0.1, -0.05) is 280 Å². The topological polar surface area (TPSA) is 237 Å². The summed E-state index contributed by atoms with van der Waals surface area (Å²) in [5.41, 5.74) is 0. The summed E-state index contributed by atoms with van der Waals surface area (Å²) < 4.78 is 68.2. The highest BCUT2D eigenvalue weighted by Gasteiger charge is 2.30. The Labute approximate surface area is 530 Å². The summed E-state index contributed by atoms with van der Waals surface area (Å²) >= 11 is 0. The van der Waals surface area contributed by atoms with Gasteiger partial charge < -0.3 is 33.8 Å². The van der Waals surface area contributed by atoms with Gasteiger partial charge in [0.05, 0.1) is 26.4 Å². The van der Waals surface area contributed by atoms with E-state index in [1.807, 2.05) is 0 Å². The van der Waals surface area contributed by atoms with Crippen LogP contribution in [0.1, 0.15) is 331 Å². The lowest BCUT2D eigenvalue weighted by Gasteiger charge is -2.21. The number of carbonyl (C=O) groups is 4. The second-order valence-corrected chi connectivity index (χ2v) is 29.1. The number of hydrogen-bond donors (Lipinski definition) is 3. The molecule has 0 radical (unpaired) electrons. The Morgan fingerprint density at radius 3 is 0.816 bits per heavy atom. The molecule has 0 saturated heterocycles. The smallest absolute Gasteiger partial charge is 0.462 e. The third-order valence-corrected chi connectivity index (χ3v) is 17.8. The number of rotatable bonds is 65. The Bertz CT molecular complexity index is 1730. The molecule has 0 aromatic rings. The normalized spacial score (nSPS) is 14.6. The van der Waals surface area contributed by atoms with Gasteiger partial charge >= 0.3 is 39.5 Å². The van der Waals surface area contributed by atoms with Crippen molar-refractivity contribution in [2.75, 3.05) is 39.6 Å². The fourth-order valence-corrected chi connectivity index (χ4v) is 11.7. The molecule has 516 valence electrons. The second kappa shape index (κ2) is 57.9. The van der Waals surface area contributed by atoms with Crippen LogP contribution in [-0.4, -0.2) is 96.7 Å². The zero-order valence-corrected chi connectivity index (χ0v) is 58.4. The molecular formula is C68H132O17P2. The predicted molar refractivity (Wildman–Crippen MR) is 349 cm³/mol. The van der Waals surface area contributed by atoms with Gasteiger partial charge in [-0.25, -0.2) is 9.13 Å². The molecule has 0 rings (SSSR count). The summed E-state index contributed by atoms with van der Waals surface area (Å²) in [7, 11) is -9.90. The lowest BCUT2D eigenvalue weighted by atomic mass is 9.99. The first-order valence-corrected chi connectivity index (χ1v) is 38.2. The molecule has 0 aromatic carbocycles. The molecule has 0 aliphatic carbocycles. The van der Waals surface area contributed by atoms with Crippen molar-refractivity contribution in [1.29, 1.82) is 0 Å². The predicted octanol–water partition coefficient (Wildman–Crippen LogP) is 18.9. The van der Waals surface area contributed by atoms with E-state index in [0.717, 1.165) is 108 Å². The summed E-state index contributed by atoms with van der Waals surface area (Å²) in [4.78, 5) is 72.4. The number of aliphatic hydroxyl groups excluding tert-OH is 1. The molecule has 0 amide bonds. The average molecular weight is 1280 g/mol. The number of ether oxygens (including phenoxy) is 4. The van der Waals surface area contributed by atoms with Gasteiger partial charge in [0, 0.05) is 25.7 Å². The van der Waals surface area contributed by atoms with Gasteiger partial charge in [0.2, 0.25) is 0 Å². The number of unbranched alkanes of at least 4 members (excludes halogenated alkanes) is 30. The van der Waals surface area contributed by atoms with Crippen molar-refractivity contribution in [3.8, 4) is 0 Å². The Kier molecular flexibility index (Phi) is 56.6. The van der Waals surface area contributed by atoms with Gasteiger partial charge in [-0.2, -0.15) is 0 Å². The van der Waals surface area contributed by atoms with Crippen molar-refractivity contribution in [2.24, 2.45) is 23.7 Å². The largest absolute Gasteiger partial charge is 0.472 e. The van der Waals surface area contributed by atoms with Gasteiger partial charge in [0.15, 0.2) is 12.2 Å². The number of carbonyl (C=O) groups excluding carboxylic acids is 4. The number of hydrogen-bond acceptors (Lipinski definition) is 15. The molecule has 6 atom stereocenters. The number of esters is 4. The monoisotopic (exact) mass is 1280 g/mol. The van der Waals surface area contributed by atoms with E-state index in [-0.39, 0.29) is 25.7 Å². The molecule has 4 unspecified atom stereocenters. The Balaban J connectivity index is 5.25. The Hall–Kier alpha value is -1.94. The van der Waals surface area contributed by atoms with Crippen LogP contribution in [-0.2, 0) is 65.4 Å². The maximum atomic E-state index is 13.0. The molecule has 17 nitrogen and oxygen atoms in total.